The molecule has 0 heterocycles. The Balaban J connectivity index is 1.83. The van der Waals surface area contributed by atoms with Crippen molar-refractivity contribution in [1.82, 2.24) is 5.32 Å². The molecule has 2 rings (SSSR count). The zero-order valence-corrected chi connectivity index (χ0v) is 13.6. The molecule has 2 aromatic carbocycles. The van der Waals surface area contributed by atoms with E-state index >= 15 is 0 Å². The van der Waals surface area contributed by atoms with E-state index in [4.69, 9.17) is 4.74 Å². The maximum absolute atomic E-state index is 12.8. The van der Waals surface area contributed by atoms with Crippen LogP contribution in [0.15, 0.2) is 54.6 Å². The lowest BCUT2D eigenvalue weighted by Gasteiger charge is -2.09. The second-order valence-corrected chi connectivity index (χ2v) is 5.48. The molecule has 1 amide bonds. The summed E-state index contributed by atoms with van der Waals surface area (Å²) in [6.45, 7) is 1.91. The van der Waals surface area contributed by atoms with E-state index in [1.807, 2.05) is 30.3 Å². The maximum Gasteiger partial charge on any atom is 0.416 e. The lowest BCUT2D eigenvalue weighted by Crippen LogP contribution is -2.24. The average Bonchev–Trinajstić information content (AvgIpc) is 2.56. The number of benzene rings is 2. The van der Waals surface area contributed by atoms with Gasteiger partial charge < -0.3 is 10.1 Å². The van der Waals surface area contributed by atoms with Gasteiger partial charge in [-0.25, -0.2) is 4.79 Å². The van der Waals surface area contributed by atoms with E-state index in [1.165, 1.54) is 6.08 Å². The van der Waals surface area contributed by atoms with E-state index in [0.29, 0.717) is 11.1 Å². The Kier molecular flexibility index (Phi) is 6.22. The van der Waals surface area contributed by atoms with E-state index in [0.717, 1.165) is 17.7 Å². The molecule has 6 heteroatoms. The van der Waals surface area contributed by atoms with Gasteiger partial charge in [0.25, 0.3) is 0 Å². The second kappa shape index (κ2) is 8.37. The van der Waals surface area contributed by atoms with Crippen LogP contribution in [0.4, 0.5) is 18.0 Å². The van der Waals surface area contributed by atoms with E-state index in [1.54, 1.807) is 19.1 Å². The zero-order valence-electron chi connectivity index (χ0n) is 13.6. The number of amides is 1. The Labute approximate surface area is 144 Å². The molecule has 0 aromatic heterocycles. The number of alkyl halides is 3. The van der Waals surface area contributed by atoms with Gasteiger partial charge in [-0.2, -0.15) is 13.2 Å². The largest absolute Gasteiger partial charge is 0.445 e. The molecule has 3 nitrogen and oxygen atoms in total. The first kappa shape index (κ1) is 18.6. The smallest absolute Gasteiger partial charge is 0.416 e. The Morgan fingerprint density at radius 1 is 1.16 bits per heavy atom. The molecule has 0 aliphatic rings. The van der Waals surface area contributed by atoms with Crippen LogP contribution in [0.2, 0.25) is 0 Å². The molecule has 0 atom stereocenters. The zero-order chi connectivity index (χ0) is 18.3. The van der Waals surface area contributed by atoms with E-state index in [-0.39, 0.29) is 13.2 Å². The van der Waals surface area contributed by atoms with Crippen LogP contribution in [0, 0.1) is 6.92 Å². The van der Waals surface area contributed by atoms with Crippen LogP contribution in [0.25, 0.3) is 6.08 Å². The highest BCUT2D eigenvalue weighted by Crippen LogP contribution is 2.30. The standard InChI is InChI=1S/C19H18F3NO2/c1-14-10-16(12-17(11-14)19(20,21)22)8-5-9-23-18(24)25-13-15-6-3-2-4-7-15/h2-8,10-12H,9,13H2,1H3,(H,23,24). The van der Waals surface area contributed by atoms with Crippen molar-refractivity contribution in [2.75, 3.05) is 6.54 Å². The van der Waals surface area contributed by atoms with Crippen LogP contribution in [-0.2, 0) is 17.5 Å². The summed E-state index contributed by atoms with van der Waals surface area (Å²) in [5.74, 6) is 0. The molecule has 0 radical (unpaired) electrons. The van der Waals surface area contributed by atoms with Gasteiger partial charge in [-0.05, 0) is 35.7 Å². The number of carbonyl (C=O) groups is 1. The Bertz CT molecular complexity index is 740. The van der Waals surface area contributed by atoms with Gasteiger partial charge in [-0.1, -0.05) is 48.6 Å². The summed E-state index contributed by atoms with van der Waals surface area (Å²) in [5, 5.41) is 2.51. The number of aryl methyl sites for hydroxylation is 1. The first-order chi connectivity index (χ1) is 11.8. The van der Waals surface area contributed by atoms with Crippen LogP contribution < -0.4 is 5.32 Å². The fraction of sp³-hybridized carbons (Fsp3) is 0.211. The fourth-order valence-corrected chi connectivity index (χ4v) is 2.18. The van der Waals surface area contributed by atoms with Crippen molar-refractivity contribution >= 4 is 12.2 Å². The molecule has 1 N–H and O–H groups in total. The van der Waals surface area contributed by atoms with Crippen molar-refractivity contribution in [1.29, 1.82) is 0 Å². The molecule has 0 fully saturated rings. The molecule has 0 aliphatic heterocycles. The van der Waals surface area contributed by atoms with Crippen molar-refractivity contribution in [3.05, 3.63) is 76.9 Å². The predicted molar refractivity (Wildman–Crippen MR) is 89.8 cm³/mol. The van der Waals surface area contributed by atoms with Crippen LogP contribution in [-0.4, -0.2) is 12.6 Å². The lowest BCUT2D eigenvalue weighted by atomic mass is 10.1. The summed E-state index contributed by atoms with van der Waals surface area (Å²) in [7, 11) is 0. The van der Waals surface area contributed by atoms with Crippen LogP contribution in [0.3, 0.4) is 0 Å². The van der Waals surface area contributed by atoms with Crippen LogP contribution in [0.5, 0.6) is 0 Å². The minimum Gasteiger partial charge on any atom is -0.445 e. The van der Waals surface area contributed by atoms with E-state index in [2.05, 4.69) is 5.32 Å². The Morgan fingerprint density at radius 3 is 2.56 bits per heavy atom. The minimum absolute atomic E-state index is 0.156. The van der Waals surface area contributed by atoms with Gasteiger partial charge in [0.15, 0.2) is 0 Å². The SMILES string of the molecule is Cc1cc(C=CCNC(=O)OCc2ccccc2)cc(C(F)(F)F)c1. The number of nitrogens with one attached hydrogen (secondary N) is 1. The number of carbonyl (C=O) groups excluding carboxylic acids is 1. The second-order valence-electron chi connectivity index (χ2n) is 5.48. The molecule has 0 spiro atoms. The van der Waals surface area contributed by atoms with E-state index in [9.17, 15) is 18.0 Å². The molecule has 0 bridgehead atoms. The monoisotopic (exact) mass is 349 g/mol. The molecule has 0 aliphatic carbocycles. The van der Waals surface area contributed by atoms with Gasteiger partial charge >= 0.3 is 12.3 Å². The predicted octanol–water partition coefficient (Wildman–Crippen LogP) is 4.95. The summed E-state index contributed by atoms with van der Waals surface area (Å²) in [4.78, 5) is 11.6. The van der Waals surface area contributed by atoms with Gasteiger partial charge in [-0.15, -0.1) is 0 Å². The summed E-state index contributed by atoms with van der Waals surface area (Å²) in [6.07, 6.45) is -1.87. The number of hydrogen-bond acceptors (Lipinski definition) is 2. The summed E-state index contributed by atoms with van der Waals surface area (Å²) in [6, 6.07) is 13.0. The number of ether oxygens (including phenoxy) is 1. The van der Waals surface area contributed by atoms with E-state index < -0.39 is 17.8 Å². The number of rotatable bonds is 5. The summed E-state index contributed by atoms with van der Waals surface area (Å²) in [5.41, 5.74) is 1.12. The topological polar surface area (TPSA) is 38.3 Å². The number of alkyl carbamates (subject to hydrolysis) is 1. The fourth-order valence-electron chi connectivity index (χ4n) is 2.18. The third-order valence-electron chi connectivity index (χ3n) is 3.31. The molecule has 25 heavy (non-hydrogen) atoms. The highest BCUT2D eigenvalue weighted by Gasteiger charge is 2.30. The maximum atomic E-state index is 12.8. The third kappa shape index (κ3) is 6.33. The molecule has 2 aromatic rings. The first-order valence-corrected chi connectivity index (χ1v) is 7.64. The molecular weight excluding hydrogens is 331 g/mol. The van der Waals surface area contributed by atoms with Crippen molar-refractivity contribution in [2.45, 2.75) is 19.7 Å². The summed E-state index contributed by atoms with van der Waals surface area (Å²) < 4.78 is 43.3. The van der Waals surface area contributed by atoms with Gasteiger partial charge in [0.1, 0.15) is 6.61 Å². The lowest BCUT2D eigenvalue weighted by molar-refractivity contribution is -0.137. The average molecular weight is 349 g/mol. The molecule has 0 unspecified atom stereocenters. The van der Waals surface area contributed by atoms with Crippen molar-refractivity contribution in [3.63, 3.8) is 0 Å². The molecular formula is C19H18F3NO2. The Hall–Kier alpha value is -2.76. The van der Waals surface area contributed by atoms with Crippen LogP contribution in [0.1, 0.15) is 22.3 Å². The molecule has 0 saturated heterocycles. The first-order valence-electron chi connectivity index (χ1n) is 7.64. The highest BCUT2D eigenvalue weighted by molar-refractivity contribution is 5.67. The van der Waals surface area contributed by atoms with Crippen LogP contribution >= 0.6 is 0 Å². The van der Waals surface area contributed by atoms with Crippen molar-refractivity contribution in [3.8, 4) is 0 Å². The molecule has 0 saturated carbocycles. The van der Waals surface area contributed by atoms with Gasteiger partial charge in [0.05, 0.1) is 5.56 Å². The Morgan fingerprint density at radius 2 is 1.88 bits per heavy atom. The van der Waals surface area contributed by atoms with Gasteiger partial charge in [0.2, 0.25) is 0 Å². The van der Waals surface area contributed by atoms with Gasteiger partial charge in [0, 0.05) is 6.54 Å². The minimum atomic E-state index is -4.38. The molecule has 132 valence electrons. The van der Waals surface area contributed by atoms with Crippen molar-refractivity contribution < 1.29 is 22.7 Å². The number of halogens is 3. The number of hydrogen-bond donors (Lipinski definition) is 1. The summed E-state index contributed by atoms with van der Waals surface area (Å²) >= 11 is 0. The quantitative estimate of drug-likeness (QED) is 0.829. The normalized spacial score (nSPS) is 11.5. The van der Waals surface area contributed by atoms with Crippen molar-refractivity contribution in [2.24, 2.45) is 0 Å². The third-order valence-corrected chi connectivity index (χ3v) is 3.31. The highest BCUT2D eigenvalue weighted by atomic mass is 19.4. The van der Waals surface area contributed by atoms with Gasteiger partial charge in [-0.3, -0.25) is 0 Å².